The van der Waals surface area contributed by atoms with Gasteiger partial charge >= 0.3 is 5.97 Å². The summed E-state index contributed by atoms with van der Waals surface area (Å²) in [4.78, 5) is 26.3. The van der Waals surface area contributed by atoms with Crippen molar-refractivity contribution in [3.8, 4) is 0 Å². The van der Waals surface area contributed by atoms with E-state index in [1.54, 1.807) is 0 Å². The Labute approximate surface area is 212 Å². The fourth-order valence-corrected chi connectivity index (χ4v) is 9.17. The summed E-state index contributed by atoms with van der Waals surface area (Å²) in [6.45, 7) is 13.9. The number of hydrogen-bond donors (Lipinski definition) is 2. The average molecular weight is 492 g/mol. The number of piperidine rings is 1. The van der Waals surface area contributed by atoms with E-state index in [4.69, 9.17) is 4.74 Å². The fourth-order valence-electron chi connectivity index (χ4n) is 9.17. The number of carbonyl (C=O) groups is 2. The molecule has 9 atom stereocenters. The number of hydrogen-bond acceptors (Lipinski definition) is 5. The highest BCUT2D eigenvalue weighted by atomic mass is 16.6. The molecule has 4 aliphatic rings. The van der Waals surface area contributed by atoms with Crippen molar-refractivity contribution in [2.45, 2.75) is 105 Å². The molecule has 0 aromatic rings. The van der Waals surface area contributed by atoms with Crippen LogP contribution in [0.4, 0.5) is 0 Å². The van der Waals surface area contributed by atoms with Gasteiger partial charge in [0.2, 0.25) is 5.91 Å². The van der Waals surface area contributed by atoms with Crippen LogP contribution in [0.25, 0.3) is 0 Å². The van der Waals surface area contributed by atoms with Gasteiger partial charge in [0.05, 0.1) is 6.10 Å². The SMILES string of the molecule is C[C@H](CCC(=O)OC(C)(C)C)[C@H]1CC[C@H]2[C@@H]3[C@@H](O)C[C@@H]4CN(C(=O)CO)CC[C@]4(C)[C@H]3CC[C@]12C. The molecule has 3 aliphatic carbocycles. The molecular weight excluding hydrogens is 442 g/mol. The zero-order valence-corrected chi connectivity index (χ0v) is 22.9. The summed E-state index contributed by atoms with van der Waals surface area (Å²) >= 11 is 0. The van der Waals surface area contributed by atoms with Crippen molar-refractivity contribution >= 4 is 11.9 Å². The zero-order valence-electron chi connectivity index (χ0n) is 22.9. The molecule has 3 saturated carbocycles. The van der Waals surface area contributed by atoms with E-state index in [2.05, 4.69) is 20.8 Å². The lowest BCUT2D eigenvalue weighted by molar-refractivity contribution is -0.177. The number of amides is 1. The first kappa shape index (κ1) is 26.9. The minimum absolute atomic E-state index is 0.0968. The Hall–Kier alpha value is -1.14. The maximum atomic E-state index is 12.3. The van der Waals surface area contributed by atoms with Gasteiger partial charge in [-0.3, -0.25) is 9.59 Å². The summed E-state index contributed by atoms with van der Waals surface area (Å²) in [6, 6.07) is 0. The van der Waals surface area contributed by atoms with Crippen molar-refractivity contribution in [3.05, 3.63) is 0 Å². The first-order valence-electron chi connectivity index (χ1n) is 14.1. The summed E-state index contributed by atoms with van der Waals surface area (Å²) in [7, 11) is 0. The molecule has 0 bridgehead atoms. The molecule has 0 radical (unpaired) electrons. The molecule has 2 N–H and O–H groups in total. The van der Waals surface area contributed by atoms with Crippen LogP contribution in [-0.2, 0) is 14.3 Å². The highest BCUT2D eigenvalue weighted by Gasteiger charge is 2.63. The summed E-state index contributed by atoms with van der Waals surface area (Å²) in [5.41, 5.74) is -0.0696. The second kappa shape index (κ2) is 9.63. The van der Waals surface area contributed by atoms with Crippen LogP contribution in [-0.4, -0.2) is 58.4 Å². The molecule has 0 aromatic heterocycles. The van der Waals surface area contributed by atoms with E-state index >= 15 is 0 Å². The second-order valence-corrected chi connectivity index (χ2v) is 13.9. The van der Waals surface area contributed by atoms with Crippen molar-refractivity contribution in [1.82, 2.24) is 4.90 Å². The van der Waals surface area contributed by atoms with Crippen LogP contribution in [0.2, 0.25) is 0 Å². The molecule has 4 fully saturated rings. The van der Waals surface area contributed by atoms with Crippen molar-refractivity contribution in [2.24, 2.45) is 46.3 Å². The van der Waals surface area contributed by atoms with Crippen LogP contribution in [0, 0.1) is 46.3 Å². The van der Waals surface area contributed by atoms with Gasteiger partial charge in [0, 0.05) is 19.5 Å². The normalized spacial score (nSPS) is 42.0. The molecule has 35 heavy (non-hydrogen) atoms. The summed E-state index contributed by atoms with van der Waals surface area (Å²) in [5, 5.41) is 20.8. The molecule has 1 saturated heterocycles. The number of rotatable bonds is 5. The summed E-state index contributed by atoms with van der Waals surface area (Å²) < 4.78 is 5.55. The van der Waals surface area contributed by atoms with Crippen molar-refractivity contribution in [1.29, 1.82) is 0 Å². The van der Waals surface area contributed by atoms with E-state index in [-0.39, 0.29) is 28.8 Å². The second-order valence-electron chi connectivity index (χ2n) is 13.9. The van der Waals surface area contributed by atoms with Gasteiger partial charge in [0.25, 0.3) is 0 Å². The molecule has 0 aromatic carbocycles. The van der Waals surface area contributed by atoms with E-state index in [1.165, 1.54) is 19.3 Å². The predicted molar refractivity (Wildman–Crippen MR) is 135 cm³/mol. The van der Waals surface area contributed by atoms with Crippen LogP contribution < -0.4 is 0 Å². The van der Waals surface area contributed by atoms with Crippen molar-refractivity contribution < 1.29 is 24.5 Å². The van der Waals surface area contributed by atoms with Crippen molar-refractivity contribution in [2.75, 3.05) is 19.7 Å². The molecule has 1 heterocycles. The van der Waals surface area contributed by atoms with Gasteiger partial charge < -0.3 is 19.8 Å². The minimum atomic E-state index is -0.435. The molecule has 0 unspecified atom stereocenters. The number of aliphatic hydroxyl groups excluding tert-OH is 2. The number of aliphatic hydroxyl groups is 2. The minimum Gasteiger partial charge on any atom is -0.460 e. The van der Waals surface area contributed by atoms with Crippen molar-refractivity contribution in [3.63, 3.8) is 0 Å². The number of carbonyl (C=O) groups excluding carboxylic acids is 2. The standard InChI is InChI=1S/C29H49NO5/c1-18(7-10-25(34)35-27(2,3)4)20-8-9-21-26-22(11-12-29(20,21)6)28(5)13-14-30(24(33)17-31)16-19(28)15-23(26)32/h18-23,26,31-32H,7-17H2,1-6H3/t18-,19-,20-,21+,22+,23+,26+,28+,29-/m1/s1. The highest BCUT2D eigenvalue weighted by molar-refractivity contribution is 5.77. The van der Waals surface area contributed by atoms with Gasteiger partial charge in [-0.25, -0.2) is 0 Å². The topological polar surface area (TPSA) is 87.1 Å². The number of likely N-dealkylation sites (tertiary alicyclic amines) is 1. The third-order valence-electron chi connectivity index (χ3n) is 10.9. The number of esters is 1. The predicted octanol–water partition coefficient (Wildman–Crippen LogP) is 4.41. The van der Waals surface area contributed by atoms with Gasteiger partial charge in [-0.15, -0.1) is 0 Å². The van der Waals surface area contributed by atoms with E-state index in [1.807, 2.05) is 25.7 Å². The Morgan fingerprint density at radius 1 is 1.09 bits per heavy atom. The maximum Gasteiger partial charge on any atom is 0.306 e. The monoisotopic (exact) mass is 491 g/mol. The Bertz CT molecular complexity index is 807. The number of ether oxygens (including phenoxy) is 1. The quantitative estimate of drug-likeness (QED) is 0.556. The zero-order chi connectivity index (χ0) is 25.8. The highest BCUT2D eigenvalue weighted by Crippen LogP contribution is 2.67. The van der Waals surface area contributed by atoms with Gasteiger partial charge in [-0.05, 0) is 112 Å². The van der Waals surface area contributed by atoms with Crippen LogP contribution in [0.5, 0.6) is 0 Å². The average Bonchev–Trinajstić information content (AvgIpc) is 3.13. The van der Waals surface area contributed by atoms with Gasteiger partial charge in [0.1, 0.15) is 12.2 Å². The Morgan fingerprint density at radius 3 is 2.43 bits per heavy atom. The number of nitrogens with zero attached hydrogens (tertiary/aromatic N) is 1. The summed E-state index contributed by atoms with van der Waals surface area (Å²) in [5.74, 6) is 2.43. The first-order chi connectivity index (χ1) is 16.3. The van der Waals surface area contributed by atoms with Gasteiger partial charge in [0.15, 0.2) is 0 Å². The fraction of sp³-hybridized carbons (Fsp3) is 0.931. The van der Waals surface area contributed by atoms with Crippen LogP contribution >= 0.6 is 0 Å². The van der Waals surface area contributed by atoms with E-state index in [0.717, 1.165) is 32.2 Å². The van der Waals surface area contributed by atoms with E-state index in [0.29, 0.717) is 48.5 Å². The van der Waals surface area contributed by atoms with E-state index < -0.39 is 12.2 Å². The molecular formula is C29H49NO5. The molecule has 1 aliphatic heterocycles. The smallest absolute Gasteiger partial charge is 0.306 e. The van der Waals surface area contributed by atoms with Crippen LogP contribution in [0.1, 0.15) is 92.9 Å². The van der Waals surface area contributed by atoms with Crippen LogP contribution in [0.15, 0.2) is 0 Å². The molecule has 1 amide bonds. The molecule has 4 rings (SSSR count). The lowest BCUT2D eigenvalue weighted by Gasteiger charge is -2.63. The Kier molecular flexibility index (Phi) is 7.40. The first-order valence-corrected chi connectivity index (χ1v) is 14.1. The van der Waals surface area contributed by atoms with E-state index in [9.17, 15) is 19.8 Å². The summed E-state index contributed by atoms with van der Waals surface area (Å²) in [6.07, 6.45) is 7.45. The van der Waals surface area contributed by atoms with Crippen LogP contribution in [0.3, 0.4) is 0 Å². The lowest BCUT2D eigenvalue weighted by Crippen LogP contribution is -2.61. The lowest BCUT2D eigenvalue weighted by atomic mass is 9.44. The number of fused-ring (bicyclic) bond motifs is 5. The van der Waals surface area contributed by atoms with Gasteiger partial charge in [-0.2, -0.15) is 0 Å². The third-order valence-corrected chi connectivity index (χ3v) is 10.9. The maximum absolute atomic E-state index is 12.3. The largest absolute Gasteiger partial charge is 0.460 e. The Morgan fingerprint density at radius 2 is 1.77 bits per heavy atom. The molecule has 200 valence electrons. The molecule has 6 nitrogen and oxygen atoms in total. The molecule has 0 spiro atoms. The van der Waals surface area contributed by atoms with Gasteiger partial charge in [-0.1, -0.05) is 20.8 Å². The third kappa shape index (κ3) is 4.91. The Balaban J connectivity index is 1.45. The molecule has 6 heteroatoms.